The number of piperidine rings is 1. The third-order valence-corrected chi connectivity index (χ3v) is 7.55. The van der Waals surface area contributed by atoms with Crippen LogP contribution in [-0.2, 0) is 14.3 Å². The van der Waals surface area contributed by atoms with E-state index in [0.717, 1.165) is 21.4 Å². The van der Waals surface area contributed by atoms with Gasteiger partial charge in [0, 0.05) is 15.2 Å². The van der Waals surface area contributed by atoms with Crippen molar-refractivity contribution in [3.05, 3.63) is 40.5 Å². The van der Waals surface area contributed by atoms with Crippen LogP contribution in [0.1, 0.15) is 19.3 Å². The van der Waals surface area contributed by atoms with Gasteiger partial charge in [0.25, 0.3) is 0 Å². The monoisotopic (exact) mass is 462 g/mol. The van der Waals surface area contributed by atoms with Crippen LogP contribution in [0.5, 0.6) is 0 Å². The fraction of sp³-hybridized carbons (Fsp3) is 0.450. The largest absolute Gasteiger partial charge is 0.461 e. The fourth-order valence-corrected chi connectivity index (χ4v) is 6.13. The third-order valence-electron chi connectivity index (χ3n) is 6.64. The van der Waals surface area contributed by atoms with Crippen molar-refractivity contribution in [3.8, 4) is 0 Å². The first kappa shape index (κ1) is 16.5. The van der Waals surface area contributed by atoms with Gasteiger partial charge in [-0.3, -0.25) is 14.6 Å². The minimum absolute atomic E-state index is 0.00485. The Kier molecular flexibility index (Phi) is 3.58. The molecule has 3 aliphatic heterocycles. The lowest BCUT2D eigenvalue weighted by Crippen LogP contribution is -2.76. The normalized spacial score (nSPS) is 41.1. The number of nitrogens with zero attached hydrogens (tertiary/aromatic N) is 1. The maximum absolute atomic E-state index is 13.1. The van der Waals surface area contributed by atoms with E-state index in [0.29, 0.717) is 12.8 Å². The molecule has 26 heavy (non-hydrogen) atoms. The zero-order chi connectivity index (χ0) is 18.1. The summed E-state index contributed by atoms with van der Waals surface area (Å²) in [5.74, 6) is -0.339. The molecule has 0 aromatic heterocycles. The second-order valence-corrected chi connectivity index (χ2v) is 8.85. The molecule has 1 aromatic carbocycles. The van der Waals surface area contributed by atoms with Crippen molar-refractivity contribution < 1.29 is 14.3 Å². The van der Waals surface area contributed by atoms with Gasteiger partial charge in [-0.2, -0.15) is 0 Å². The third kappa shape index (κ3) is 1.99. The summed E-state index contributed by atoms with van der Waals surface area (Å²) in [7, 11) is 0. The van der Waals surface area contributed by atoms with Crippen molar-refractivity contribution in [1.29, 1.82) is 0 Å². The predicted molar refractivity (Wildman–Crippen MR) is 105 cm³/mol. The zero-order valence-electron chi connectivity index (χ0n) is 14.2. The summed E-state index contributed by atoms with van der Waals surface area (Å²) in [5.41, 5.74) is 1.20. The van der Waals surface area contributed by atoms with Gasteiger partial charge >= 0.3 is 5.97 Å². The minimum atomic E-state index is -0.639. The van der Waals surface area contributed by atoms with Crippen molar-refractivity contribution in [2.24, 2.45) is 28.2 Å². The van der Waals surface area contributed by atoms with E-state index >= 15 is 0 Å². The van der Waals surface area contributed by atoms with Gasteiger partial charge < -0.3 is 10.1 Å². The van der Waals surface area contributed by atoms with Crippen LogP contribution in [0.15, 0.2) is 41.9 Å². The van der Waals surface area contributed by atoms with Gasteiger partial charge in [0.15, 0.2) is 0 Å². The Balaban J connectivity index is 1.65. The lowest BCUT2D eigenvalue weighted by Gasteiger charge is -2.63. The van der Waals surface area contributed by atoms with E-state index in [-0.39, 0.29) is 41.8 Å². The number of carbonyl (C=O) groups excluding carboxylic acids is 2. The Morgan fingerprint density at radius 3 is 2.92 bits per heavy atom. The summed E-state index contributed by atoms with van der Waals surface area (Å²) in [4.78, 5) is 30.7. The molecule has 1 N–H and O–H groups in total. The van der Waals surface area contributed by atoms with Crippen LogP contribution in [0.2, 0.25) is 0 Å². The second-order valence-electron chi connectivity index (χ2n) is 7.68. The summed E-state index contributed by atoms with van der Waals surface area (Å²) in [6.07, 6.45) is 3.41. The fourth-order valence-electron chi connectivity index (χ4n) is 5.62. The molecule has 1 amide bonds. The summed E-state index contributed by atoms with van der Waals surface area (Å²) in [6.45, 7) is 3.84. The van der Waals surface area contributed by atoms with Crippen LogP contribution in [-0.4, -0.2) is 29.7 Å². The van der Waals surface area contributed by atoms with E-state index in [1.807, 2.05) is 24.3 Å². The van der Waals surface area contributed by atoms with Crippen LogP contribution >= 0.6 is 22.6 Å². The topological polar surface area (TPSA) is 67.8 Å². The molecular weight excluding hydrogens is 443 g/mol. The molecule has 5 aliphatic rings. The van der Waals surface area contributed by atoms with E-state index in [1.54, 1.807) is 6.08 Å². The molecule has 6 unspecified atom stereocenters. The molecule has 5 fully saturated rings. The van der Waals surface area contributed by atoms with Gasteiger partial charge in [0.05, 0.1) is 23.1 Å². The Morgan fingerprint density at radius 1 is 1.35 bits per heavy atom. The number of aliphatic imine (C=N–C) groups is 1. The number of amides is 1. The van der Waals surface area contributed by atoms with Crippen molar-refractivity contribution in [2.75, 3.05) is 0 Å². The molecule has 2 saturated carbocycles. The number of nitrogens with one attached hydrogen (secondary N) is 1. The number of hydrogen-bond donors (Lipinski definition) is 1. The maximum atomic E-state index is 13.1. The Bertz CT molecular complexity index is 866. The maximum Gasteiger partial charge on any atom is 0.310 e. The summed E-state index contributed by atoms with van der Waals surface area (Å²) >= 11 is 2.27. The highest BCUT2D eigenvalue weighted by atomic mass is 127. The first-order chi connectivity index (χ1) is 12.6. The van der Waals surface area contributed by atoms with Gasteiger partial charge in [-0.1, -0.05) is 18.2 Å². The number of carbonyl (C=O) groups is 2. The second kappa shape index (κ2) is 5.65. The van der Waals surface area contributed by atoms with Crippen LogP contribution in [0.4, 0.5) is 5.69 Å². The average Bonchev–Trinajstić information content (AvgIpc) is 2.61. The van der Waals surface area contributed by atoms with Crippen LogP contribution in [0.25, 0.3) is 0 Å². The van der Waals surface area contributed by atoms with Crippen LogP contribution in [0.3, 0.4) is 0 Å². The molecule has 134 valence electrons. The van der Waals surface area contributed by atoms with Gasteiger partial charge in [-0.15, -0.1) is 6.58 Å². The quantitative estimate of drug-likeness (QED) is 0.427. The SMILES string of the molecule is C=CCC12C(=O)NC3CC1C1C(=O)OC2CC1C3=Nc1ccccc1I. The van der Waals surface area contributed by atoms with Gasteiger partial charge in [-0.05, 0) is 59.9 Å². The first-order valence-electron chi connectivity index (χ1n) is 9.01. The average molecular weight is 462 g/mol. The minimum Gasteiger partial charge on any atom is -0.461 e. The van der Waals surface area contributed by atoms with Gasteiger partial charge in [0.1, 0.15) is 6.10 Å². The number of para-hydroxylation sites is 1. The number of hydrogen-bond acceptors (Lipinski definition) is 4. The Morgan fingerprint density at radius 2 is 2.15 bits per heavy atom. The smallest absolute Gasteiger partial charge is 0.310 e. The highest BCUT2D eigenvalue weighted by Crippen LogP contribution is 2.61. The number of esters is 1. The van der Waals surface area contributed by atoms with E-state index < -0.39 is 5.41 Å². The van der Waals surface area contributed by atoms with E-state index in [9.17, 15) is 9.59 Å². The summed E-state index contributed by atoms with van der Waals surface area (Å²) in [5, 5.41) is 3.18. The van der Waals surface area contributed by atoms with E-state index in [2.05, 4.69) is 34.5 Å². The molecule has 6 rings (SSSR count). The Hall–Kier alpha value is -1.70. The number of ether oxygens (including phenoxy) is 1. The van der Waals surface area contributed by atoms with E-state index in [1.165, 1.54) is 0 Å². The lowest BCUT2D eigenvalue weighted by atomic mass is 9.46. The number of fused-ring (bicyclic) bond motifs is 2. The number of halogens is 1. The molecule has 1 aromatic rings. The number of rotatable bonds is 3. The van der Waals surface area contributed by atoms with Crippen LogP contribution < -0.4 is 5.32 Å². The molecule has 0 spiro atoms. The van der Waals surface area contributed by atoms with Crippen molar-refractivity contribution in [3.63, 3.8) is 0 Å². The molecule has 3 saturated heterocycles. The number of benzene rings is 1. The van der Waals surface area contributed by atoms with Crippen molar-refractivity contribution >= 4 is 45.9 Å². The molecule has 5 nitrogen and oxygen atoms in total. The highest BCUT2D eigenvalue weighted by molar-refractivity contribution is 14.1. The van der Waals surface area contributed by atoms with Crippen molar-refractivity contribution in [2.45, 2.75) is 31.4 Å². The molecule has 6 atom stereocenters. The summed E-state index contributed by atoms with van der Waals surface area (Å²) < 4.78 is 6.76. The molecule has 2 aliphatic carbocycles. The van der Waals surface area contributed by atoms with Crippen molar-refractivity contribution in [1.82, 2.24) is 5.32 Å². The van der Waals surface area contributed by atoms with Gasteiger partial charge in [0.2, 0.25) is 5.91 Å². The zero-order valence-corrected chi connectivity index (χ0v) is 16.3. The standard InChI is InChI=1S/C20H19IN2O3/c1-2-7-20-11-9-14(23-19(20)25)17(22-13-6-4-3-5-12(13)21)10-8-15(20)26-18(24)16(10)11/h2-6,10-11,14-16H,1,7-9H2,(H,23,25). The predicted octanol–water partition coefficient (Wildman–Crippen LogP) is 3.01. The van der Waals surface area contributed by atoms with Crippen LogP contribution in [0, 0.1) is 26.7 Å². The highest BCUT2D eigenvalue weighted by Gasteiger charge is 2.71. The Labute approximate surface area is 165 Å². The first-order valence-corrected chi connectivity index (χ1v) is 10.1. The summed E-state index contributed by atoms with van der Waals surface area (Å²) in [6, 6.07) is 7.85. The molecule has 5 bridgehead atoms. The van der Waals surface area contributed by atoms with E-state index in [4.69, 9.17) is 9.73 Å². The lowest BCUT2D eigenvalue weighted by molar-refractivity contribution is -0.219. The number of allylic oxidation sites excluding steroid dienone is 1. The molecule has 3 heterocycles. The molecule has 6 heteroatoms. The van der Waals surface area contributed by atoms with Gasteiger partial charge in [-0.25, -0.2) is 0 Å². The molecule has 0 radical (unpaired) electrons. The molecular formula is C20H19IN2O3.